The molecule has 0 spiro atoms. The van der Waals surface area contributed by atoms with E-state index in [1.165, 1.54) is 4.90 Å². The summed E-state index contributed by atoms with van der Waals surface area (Å²) in [6.45, 7) is 9.74. The van der Waals surface area contributed by atoms with Crippen LogP contribution < -0.4 is 14.5 Å². The van der Waals surface area contributed by atoms with Gasteiger partial charge in [-0.2, -0.15) is 0 Å². The lowest BCUT2D eigenvalue weighted by molar-refractivity contribution is -0.139. The van der Waals surface area contributed by atoms with Crippen LogP contribution in [-0.4, -0.2) is 80.6 Å². The third-order valence-corrected chi connectivity index (χ3v) is 7.07. The number of likely N-dealkylation sites (N-methyl/N-ethyl adjacent to an activating group) is 1. The molecule has 2 aromatic rings. The molecule has 0 radical (unpaired) electrons. The number of para-hydroxylation sites is 3. The summed E-state index contributed by atoms with van der Waals surface area (Å²) in [5.74, 6) is 0.453. The first-order valence-electron chi connectivity index (χ1n) is 12.3. The highest BCUT2D eigenvalue weighted by atomic mass is 16.5. The molecular formula is C27H36N4O3. The monoisotopic (exact) mass is 464 g/mol. The highest BCUT2D eigenvalue weighted by Gasteiger charge is 2.47. The zero-order chi connectivity index (χ0) is 24.1. The fourth-order valence-electron chi connectivity index (χ4n) is 5.20. The summed E-state index contributed by atoms with van der Waals surface area (Å²) < 4.78 is 5.51. The number of hydrogen-bond acceptors (Lipinski definition) is 6. The van der Waals surface area contributed by atoms with Gasteiger partial charge >= 0.3 is 0 Å². The number of rotatable bonds is 9. The van der Waals surface area contributed by atoms with E-state index in [4.69, 9.17) is 4.74 Å². The number of methoxy groups -OCH3 is 1. The molecule has 4 rings (SSSR count). The van der Waals surface area contributed by atoms with Crippen LogP contribution in [0.25, 0.3) is 0 Å². The van der Waals surface area contributed by atoms with Crippen LogP contribution in [0.15, 0.2) is 54.6 Å². The van der Waals surface area contributed by atoms with Crippen LogP contribution in [-0.2, 0) is 9.59 Å². The first-order valence-corrected chi connectivity index (χ1v) is 12.3. The number of likely N-dealkylation sites (tertiary alicyclic amines) is 1. The molecule has 2 fully saturated rings. The number of nitrogens with zero attached hydrogens (tertiary/aromatic N) is 4. The van der Waals surface area contributed by atoms with Gasteiger partial charge in [-0.1, -0.05) is 37.3 Å². The number of carbonyl (C=O) groups is 2. The highest BCUT2D eigenvalue weighted by molar-refractivity contribution is 6.08. The summed E-state index contributed by atoms with van der Waals surface area (Å²) in [5.41, 5.74) is 2.12. The van der Waals surface area contributed by atoms with Crippen molar-refractivity contribution in [3.05, 3.63) is 54.6 Å². The third kappa shape index (κ3) is 4.89. The fourth-order valence-corrected chi connectivity index (χ4v) is 5.20. The van der Waals surface area contributed by atoms with Crippen LogP contribution in [0.5, 0.6) is 5.75 Å². The van der Waals surface area contributed by atoms with Gasteiger partial charge in [-0.25, -0.2) is 0 Å². The Kier molecular flexibility index (Phi) is 7.73. The maximum absolute atomic E-state index is 13.3. The standard InChI is InChI=1S/C27H36N4O3/c1-4-30(22-11-6-5-7-12-22)25-21(2)26(32)31(27(25)33)16-10-15-28-17-19-29(20-18-28)23-13-8-9-14-24(23)34-3/h5-9,11-14,21,25H,4,10,15-20H2,1-3H3. The van der Waals surface area contributed by atoms with Gasteiger partial charge in [0.05, 0.1) is 18.7 Å². The molecule has 0 aliphatic carbocycles. The van der Waals surface area contributed by atoms with Gasteiger partial charge in [0, 0.05) is 45.0 Å². The zero-order valence-electron chi connectivity index (χ0n) is 20.5. The van der Waals surface area contributed by atoms with Crippen LogP contribution in [0.1, 0.15) is 20.3 Å². The molecule has 0 saturated carbocycles. The molecular weight excluding hydrogens is 428 g/mol. The van der Waals surface area contributed by atoms with Crippen LogP contribution in [0.4, 0.5) is 11.4 Å². The maximum atomic E-state index is 13.3. The van der Waals surface area contributed by atoms with Gasteiger partial charge in [0.15, 0.2) is 0 Å². The van der Waals surface area contributed by atoms with Gasteiger partial charge in [0.1, 0.15) is 11.8 Å². The van der Waals surface area contributed by atoms with Gasteiger partial charge < -0.3 is 14.5 Å². The number of anilines is 2. The number of ether oxygens (including phenoxy) is 1. The first-order chi connectivity index (χ1) is 16.5. The predicted octanol–water partition coefficient (Wildman–Crippen LogP) is 3.11. The van der Waals surface area contributed by atoms with Crippen LogP contribution in [0.2, 0.25) is 0 Å². The Morgan fingerprint density at radius 2 is 1.59 bits per heavy atom. The molecule has 2 atom stereocenters. The molecule has 2 aliphatic heterocycles. The zero-order valence-corrected chi connectivity index (χ0v) is 20.5. The van der Waals surface area contributed by atoms with Crippen molar-refractivity contribution in [2.75, 3.05) is 62.7 Å². The van der Waals surface area contributed by atoms with Crippen molar-refractivity contribution in [2.24, 2.45) is 5.92 Å². The second-order valence-electron chi connectivity index (χ2n) is 9.04. The quantitative estimate of drug-likeness (QED) is 0.532. The summed E-state index contributed by atoms with van der Waals surface area (Å²) in [6.07, 6.45) is 0.795. The molecule has 34 heavy (non-hydrogen) atoms. The average molecular weight is 465 g/mol. The molecule has 182 valence electrons. The third-order valence-electron chi connectivity index (χ3n) is 7.07. The van der Waals surface area contributed by atoms with Gasteiger partial charge in [0.25, 0.3) is 5.91 Å². The Morgan fingerprint density at radius 1 is 0.912 bits per heavy atom. The molecule has 0 bridgehead atoms. The van der Waals surface area contributed by atoms with E-state index < -0.39 is 6.04 Å². The van der Waals surface area contributed by atoms with E-state index in [0.717, 1.165) is 56.3 Å². The summed E-state index contributed by atoms with van der Waals surface area (Å²) in [7, 11) is 1.71. The van der Waals surface area contributed by atoms with Crippen molar-refractivity contribution in [1.29, 1.82) is 0 Å². The summed E-state index contributed by atoms with van der Waals surface area (Å²) in [5, 5.41) is 0. The first kappa shape index (κ1) is 24.1. The van der Waals surface area contributed by atoms with E-state index in [0.29, 0.717) is 13.1 Å². The van der Waals surface area contributed by atoms with Crippen molar-refractivity contribution < 1.29 is 14.3 Å². The Bertz CT molecular complexity index is 975. The summed E-state index contributed by atoms with van der Waals surface area (Å²) in [4.78, 5) is 34.6. The number of imide groups is 1. The molecule has 7 heteroatoms. The minimum Gasteiger partial charge on any atom is -0.495 e. The number of amides is 2. The minimum atomic E-state index is -0.427. The fraction of sp³-hybridized carbons (Fsp3) is 0.481. The lowest BCUT2D eigenvalue weighted by Crippen LogP contribution is -2.47. The smallest absolute Gasteiger partial charge is 0.252 e. The molecule has 0 aromatic heterocycles. The highest BCUT2D eigenvalue weighted by Crippen LogP contribution is 2.30. The van der Waals surface area contributed by atoms with Crippen molar-refractivity contribution in [2.45, 2.75) is 26.3 Å². The van der Waals surface area contributed by atoms with Crippen molar-refractivity contribution in [3.8, 4) is 5.75 Å². The Morgan fingerprint density at radius 3 is 2.26 bits per heavy atom. The molecule has 2 amide bonds. The van der Waals surface area contributed by atoms with E-state index in [-0.39, 0.29) is 17.7 Å². The second-order valence-corrected chi connectivity index (χ2v) is 9.04. The number of hydrogen-bond donors (Lipinski definition) is 0. The minimum absolute atomic E-state index is 0.0506. The van der Waals surface area contributed by atoms with E-state index in [1.807, 2.05) is 62.4 Å². The van der Waals surface area contributed by atoms with Gasteiger partial charge in [-0.15, -0.1) is 0 Å². The molecule has 2 aromatic carbocycles. The maximum Gasteiger partial charge on any atom is 0.252 e. The number of piperazine rings is 1. The van der Waals surface area contributed by atoms with Crippen molar-refractivity contribution in [3.63, 3.8) is 0 Å². The van der Waals surface area contributed by atoms with E-state index in [9.17, 15) is 9.59 Å². The van der Waals surface area contributed by atoms with E-state index in [2.05, 4.69) is 20.8 Å². The normalized spacial score (nSPS) is 21.3. The molecule has 2 saturated heterocycles. The SMILES string of the molecule is CCN(c1ccccc1)C1C(=O)N(CCCN2CCN(c3ccccc3OC)CC2)C(=O)C1C. The molecule has 2 heterocycles. The molecule has 2 unspecified atom stereocenters. The van der Waals surface area contributed by atoms with Gasteiger partial charge in [-0.05, 0) is 44.2 Å². The van der Waals surface area contributed by atoms with Crippen molar-refractivity contribution in [1.82, 2.24) is 9.80 Å². The summed E-state index contributed by atoms with van der Waals surface area (Å²) >= 11 is 0. The van der Waals surface area contributed by atoms with Crippen LogP contribution in [0.3, 0.4) is 0 Å². The molecule has 0 N–H and O–H groups in total. The Labute approximate surface area is 202 Å². The number of benzene rings is 2. The predicted molar refractivity (Wildman–Crippen MR) is 135 cm³/mol. The Balaban J connectivity index is 1.29. The average Bonchev–Trinajstić information content (AvgIpc) is 3.09. The molecule has 7 nitrogen and oxygen atoms in total. The second kappa shape index (κ2) is 10.9. The number of carbonyl (C=O) groups excluding carboxylic acids is 2. The lowest BCUT2D eigenvalue weighted by Gasteiger charge is -2.36. The lowest BCUT2D eigenvalue weighted by atomic mass is 10.0. The Hall–Kier alpha value is -3.06. The van der Waals surface area contributed by atoms with Crippen LogP contribution >= 0.6 is 0 Å². The molecule has 2 aliphatic rings. The van der Waals surface area contributed by atoms with Crippen molar-refractivity contribution >= 4 is 23.2 Å². The summed E-state index contributed by atoms with van der Waals surface area (Å²) in [6, 6.07) is 17.6. The van der Waals surface area contributed by atoms with E-state index in [1.54, 1.807) is 7.11 Å². The largest absolute Gasteiger partial charge is 0.495 e. The van der Waals surface area contributed by atoms with Crippen LogP contribution in [0, 0.1) is 5.92 Å². The topological polar surface area (TPSA) is 56.3 Å². The van der Waals surface area contributed by atoms with E-state index >= 15 is 0 Å². The van der Waals surface area contributed by atoms with Gasteiger partial charge in [0.2, 0.25) is 5.91 Å². The van der Waals surface area contributed by atoms with Gasteiger partial charge in [-0.3, -0.25) is 19.4 Å².